The number of aliphatic hydroxyl groups excluding tert-OH is 1. The van der Waals surface area contributed by atoms with Crippen LogP contribution in [0.2, 0.25) is 0 Å². The van der Waals surface area contributed by atoms with Crippen molar-refractivity contribution in [3.63, 3.8) is 0 Å². The molecule has 0 radical (unpaired) electrons. The normalized spacial score (nSPS) is 12.7. The smallest absolute Gasteiger partial charge is 0.308 e. The number of ether oxygens (including phenoxy) is 1. The largest absolute Gasteiger partial charge is 0.481 e. The summed E-state index contributed by atoms with van der Waals surface area (Å²) in [6.07, 6.45) is -0.238. The average Bonchev–Trinajstić information content (AvgIpc) is 2.35. The maximum Gasteiger partial charge on any atom is 0.308 e. The number of aliphatic carboxylic acids is 1. The van der Waals surface area contributed by atoms with Gasteiger partial charge < -0.3 is 14.9 Å². The molecule has 2 N–H and O–H groups in total. The van der Waals surface area contributed by atoms with Crippen LogP contribution < -0.4 is 0 Å². The van der Waals surface area contributed by atoms with Gasteiger partial charge in [-0.25, -0.2) is 0 Å². The number of carbonyl (C=O) groups excluding carboxylic acids is 1. The molecule has 0 saturated heterocycles. The Morgan fingerprint density at radius 2 is 1.55 bits per heavy atom. The molecule has 0 aliphatic heterocycles. The Hall–Kier alpha value is -1.10. The number of carboxylic acids is 1. The van der Waals surface area contributed by atoms with Crippen molar-refractivity contribution in [2.24, 2.45) is 17.3 Å². The van der Waals surface area contributed by atoms with Crippen LogP contribution in [0, 0.1) is 17.3 Å². The lowest BCUT2D eigenvalue weighted by molar-refractivity contribution is -0.153. The van der Waals surface area contributed by atoms with Crippen LogP contribution in [0.5, 0.6) is 0 Å². The molecule has 1 atom stereocenters. The number of hydrogen-bond acceptors (Lipinski definition) is 4. The molecule has 120 valence electrons. The maximum absolute atomic E-state index is 11.3. The average molecular weight is 290 g/mol. The molecule has 0 aliphatic carbocycles. The van der Waals surface area contributed by atoms with Crippen LogP contribution in [0.3, 0.4) is 0 Å². The van der Waals surface area contributed by atoms with Crippen LogP contribution in [-0.2, 0) is 14.3 Å². The van der Waals surface area contributed by atoms with Gasteiger partial charge in [-0.1, -0.05) is 48.5 Å². The Morgan fingerprint density at radius 1 is 1.15 bits per heavy atom. The summed E-state index contributed by atoms with van der Waals surface area (Å²) in [4.78, 5) is 20.6. The molecule has 0 aliphatic rings. The molecule has 0 saturated carbocycles. The van der Waals surface area contributed by atoms with E-state index < -0.39 is 17.5 Å². The fourth-order valence-electron chi connectivity index (χ4n) is 1.41. The quantitative estimate of drug-likeness (QED) is 0.735. The minimum absolute atomic E-state index is 0.114. The van der Waals surface area contributed by atoms with Gasteiger partial charge in [-0.2, -0.15) is 0 Å². The topological polar surface area (TPSA) is 83.8 Å². The van der Waals surface area contributed by atoms with Crippen LogP contribution >= 0.6 is 0 Å². The molecule has 0 heterocycles. The van der Waals surface area contributed by atoms with Crippen LogP contribution in [0.4, 0.5) is 0 Å². The van der Waals surface area contributed by atoms with E-state index in [1.807, 2.05) is 27.7 Å². The van der Waals surface area contributed by atoms with Gasteiger partial charge in [0, 0.05) is 11.8 Å². The zero-order valence-corrected chi connectivity index (χ0v) is 13.8. The summed E-state index contributed by atoms with van der Waals surface area (Å²) in [6.45, 7) is 13.2. The molecular weight excluding hydrogens is 260 g/mol. The molecule has 0 fully saturated rings. The van der Waals surface area contributed by atoms with Gasteiger partial charge in [0.05, 0.1) is 18.6 Å². The summed E-state index contributed by atoms with van der Waals surface area (Å²) >= 11 is 0. The molecule has 0 bridgehead atoms. The number of rotatable bonds is 6. The molecule has 0 aromatic rings. The number of esters is 1. The Labute approximate surface area is 122 Å². The number of hydrogen-bond donors (Lipinski definition) is 2. The van der Waals surface area contributed by atoms with Crippen molar-refractivity contribution in [3.05, 3.63) is 0 Å². The standard InChI is InChI=1S/C12H24O3.C3H6O2/c1-8(2)10(13)12(5,6)7-15-11(14)9(3)4;1-2-3(4)5/h8-10,13H,7H2,1-6H3;2H2,1H3,(H,4,5). The SMILES string of the molecule is CC(C)C(=O)OCC(C)(C)C(O)C(C)C.CCC(=O)O. The molecular formula is C15H30O5. The fourth-order valence-corrected chi connectivity index (χ4v) is 1.41. The van der Waals surface area contributed by atoms with Gasteiger partial charge in [-0.3, -0.25) is 9.59 Å². The fraction of sp³-hybridized carbons (Fsp3) is 0.867. The minimum Gasteiger partial charge on any atom is -0.481 e. The highest BCUT2D eigenvalue weighted by Gasteiger charge is 2.31. The Morgan fingerprint density at radius 3 is 1.80 bits per heavy atom. The lowest BCUT2D eigenvalue weighted by Gasteiger charge is -2.32. The first-order valence-corrected chi connectivity index (χ1v) is 7.02. The number of carboxylic acid groups (broad SMARTS) is 1. The lowest BCUT2D eigenvalue weighted by Crippen LogP contribution is -2.38. The second-order valence-corrected chi connectivity index (χ2v) is 6.19. The van der Waals surface area contributed by atoms with E-state index in [9.17, 15) is 14.7 Å². The van der Waals surface area contributed by atoms with Crippen LogP contribution in [0.25, 0.3) is 0 Å². The zero-order chi connectivity index (χ0) is 16.5. The van der Waals surface area contributed by atoms with E-state index in [0.717, 1.165) is 0 Å². The summed E-state index contributed by atoms with van der Waals surface area (Å²) in [5.41, 5.74) is -0.390. The van der Waals surface area contributed by atoms with Crippen molar-refractivity contribution in [3.8, 4) is 0 Å². The Balaban J connectivity index is 0. The second kappa shape index (κ2) is 9.75. The lowest BCUT2D eigenvalue weighted by atomic mass is 9.81. The zero-order valence-electron chi connectivity index (χ0n) is 13.8. The highest BCUT2D eigenvalue weighted by atomic mass is 16.5. The monoisotopic (exact) mass is 290 g/mol. The summed E-state index contributed by atoms with van der Waals surface area (Å²) in [5, 5.41) is 17.6. The van der Waals surface area contributed by atoms with E-state index in [-0.39, 0.29) is 30.8 Å². The third-order valence-electron chi connectivity index (χ3n) is 2.79. The van der Waals surface area contributed by atoms with E-state index >= 15 is 0 Å². The number of aliphatic hydroxyl groups is 1. The Bertz CT molecular complexity index is 295. The second-order valence-electron chi connectivity index (χ2n) is 6.19. The highest BCUT2D eigenvalue weighted by Crippen LogP contribution is 2.26. The van der Waals surface area contributed by atoms with Gasteiger partial charge in [0.25, 0.3) is 0 Å². The van der Waals surface area contributed by atoms with E-state index in [0.29, 0.717) is 0 Å². The molecule has 0 rings (SSSR count). The first-order chi connectivity index (χ1) is 8.95. The van der Waals surface area contributed by atoms with Crippen molar-refractivity contribution in [2.75, 3.05) is 6.61 Å². The first kappa shape index (κ1) is 21.2. The summed E-state index contributed by atoms with van der Waals surface area (Å²) in [6, 6.07) is 0. The summed E-state index contributed by atoms with van der Waals surface area (Å²) in [5.74, 6) is -0.904. The molecule has 5 nitrogen and oxygen atoms in total. The van der Waals surface area contributed by atoms with Crippen molar-refractivity contribution < 1.29 is 24.5 Å². The Kier molecular flexibility index (Phi) is 10.3. The van der Waals surface area contributed by atoms with E-state index in [1.165, 1.54) is 0 Å². The third-order valence-corrected chi connectivity index (χ3v) is 2.79. The van der Waals surface area contributed by atoms with Crippen molar-refractivity contribution in [2.45, 2.75) is 61.0 Å². The van der Waals surface area contributed by atoms with Gasteiger partial charge in [-0.15, -0.1) is 0 Å². The summed E-state index contributed by atoms with van der Waals surface area (Å²) < 4.78 is 5.14. The van der Waals surface area contributed by atoms with Crippen LogP contribution in [0.1, 0.15) is 54.9 Å². The van der Waals surface area contributed by atoms with Gasteiger partial charge in [0.1, 0.15) is 0 Å². The molecule has 1 unspecified atom stereocenters. The predicted molar refractivity (Wildman–Crippen MR) is 78.3 cm³/mol. The van der Waals surface area contributed by atoms with Crippen LogP contribution in [0.15, 0.2) is 0 Å². The number of carbonyl (C=O) groups is 2. The van der Waals surface area contributed by atoms with Gasteiger partial charge in [0.15, 0.2) is 0 Å². The van der Waals surface area contributed by atoms with E-state index in [2.05, 4.69) is 0 Å². The van der Waals surface area contributed by atoms with Crippen LogP contribution in [-0.4, -0.2) is 34.9 Å². The molecule has 0 spiro atoms. The predicted octanol–water partition coefficient (Wildman–Crippen LogP) is 2.71. The van der Waals surface area contributed by atoms with Gasteiger partial charge in [0.2, 0.25) is 0 Å². The van der Waals surface area contributed by atoms with Crippen molar-refractivity contribution >= 4 is 11.9 Å². The third kappa shape index (κ3) is 9.78. The highest BCUT2D eigenvalue weighted by molar-refractivity contribution is 5.71. The summed E-state index contributed by atoms with van der Waals surface area (Å²) in [7, 11) is 0. The van der Waals surface area contributed by atoms with Gasteiger partial charge >= 0.3 is 11.9 Å². The van der Waals surface area contributed by atoms with E-state index in [4.69, 9.17) is 9.84 Å². The van der Waals surface area contributed by atoms with Crippen molar-refractivity contribution in [1.29, 1.82) is 0 Å². The minimum atomic E-state index is -0.745. The molecule has 5 heteroatoms. The van der Waals surface area contributed by atoms with Crippen molar-refractivity contribution in [1.82, 2.24) is 0 Å². The molecule has 0 aromatic heterocycles. The molecule has 20 heavy (non-hydrogen) atoms. The van der Waals surface area contributed by atoms with E-state index in [1.54, 1.807) is 20.8 Å². The molecule has 0 amide bonds. The first-order valence-electron chi connectivity index (χ1n) is 7.02. The van der Waals surface area contributed by atoms with Gasteiger partial charge in [-0.05, 0) is 5.92 Å². The molecule has 0 aromatic carbocycles. The maximum atomic E-state index is 11.3.